The molecule has 0 unspecified atom stereocenters. The summed E-state index contributed by atoms with van der Waals surface area (Å²) < 4.78 is 13.7. The minimum absolute atomic E-state index is 0.324. The molecule has 4 heteroatoms. The lowest BCUT2D eigenvalue weighted by atomic mass is 10.2. The number of fused-ring (bicyclic) bond motifs is 1. The van der Waals surface area contributed by atoms with E-state index in [4.69, 9.17) is 0 Å². The zero-order chi connectivity index (χ0) is 8.55. The Bertz CT molecular complexity index is 390. The van der Waals surface area contributed by atoms with E-state index in [1.807, 2.05) is 0 Å². The molecule has 0 aliphatic carbocycles. The van der Waals surface area contributed by atoms with Gasteiger partial charge in [0.05, 0.1) is 6.20 Å². The first kappa shape index (κ1) is 7.61. The summed E-state index contributed by atoms with van der Waals surface area (Å²) >= 11 is 3.21. The van der Waals surface area contributed by atoms with Crippen LogP contribution in [0.4, 0.5) is 4.39 Å². The molecule has 2 heterocycles. The van der Waals surface area contributed by atoms with E-state index in [1.165, 1.54) is 6.20 Å². The lowest BCUT2D eigenvalue weighted by Gasteiger charge is -1.98. The average molecular weight is 227 g/mol. The van der Waals surface area contributed by atoms with Gasteiger partial charge in [-0.25, -0.2) is 9.37 Å². The van der Waals surface area contributed by atoms with E-state index in [1.54, 1.807) is 18.5 Å². The van der Waals surface area contributed by atoms with Crippen LogP contribution in [-0.4, -0.2) is 9.97 Å². The Morgan fingerprint density at radius 1 is 1.25 bits per heavy atom. The van der Waals surface area contributed by atoms with Gasteiger partial charge in [0.1, 0.15) is 10.4 Å². The van der Waals surface area contributed by atoms with Crippen LogP contribution in [-0.2, 0) is 0 Å². The molecule has 2 aromatic heterocycles. The molecule has 0 spiro atoms. The molecule has 0 aliphatic heterocycles. The summed E-state index contributed by atoms with van der Waals surface area (Å²) in [5.74, 6) is -0.324. The van der Waals surface area contributed by atoms with Crippen molar-refractivity contribution in [2.75, 3.05) is 0 Å². The molecular weight excluding hydrogens is 223 g/mol. The standard InChI is InChI=1S/C8H4BrFN2/c9-8-6-3-11-2-1-5(6)7(10)4-12-8/h1-4H. The molecule has 2 nitrogen and oxygen atoms in total. The summed E-state index contributed by atoms with van der Waals surface area (Å²) in [7, 11) is 0. The van der Waals surface area contributed by atoms with Gasteiger partial charge in [-0.2, -0.15) is 0 Å². The van der Waals surface area contributed by atoms with Crippen LogP contribution in [0.2, 0.25) is 0 Å². The SMILES string of the molecule is Fc1cnc(Br)c2cnccc12. The van der Waals surface area contributed by atoms with E-state index in [9.17, 15) is 4.39 Å². The first-order chi connectivity index (χ1) is 5.79. The van der Waals surface area contributed by atoms with Crippen LogP contribution in [0.5, 0.6) is 0 Å². The van der Waals surface area contributed by atoms with Crippen LogP contribution < -0.4 is 0 Å². The summed E-state index contributed by atoms with van der Waals surface area (Å²) in [5.41, 5.74) is 0. The summed E-state index contributed by atoms with van der Waals surface area (Å²) in [6.45, 7) is 0. The third kappa shape index (κ3) is 1.08. The minimum Gasteiger partial charge on any atom is -0.264 e. The third-order valence-electron chi connectivity index (χ3n) is 1.59. The molecule has 0 radical (unpaired) electrons. The fourth-order valence-electron chi connectivity index (χ4n) is 1.02. The fraction of sp³-hybridized carbons (Fsp3) is 0. The highest BCUT2D eigenvalue weighted by atomic mass is 79.9. The van der Waals surface area contributed by atoms with Gasteiger partial charge in [-0.1, -0.05) is 0 Å². The van der Waals surface area contributed by atoms with Gasteiger partial charge in [0.25, 0.3) is 0 Å². The first-order valence-electron chi connectivity index (χ1n) is 3.33. The predicted molar refractivity (Wildman–Crippen MR) is 47.2 cm³/mol. The average Bonchev–Trinajstić information content (AvgIpc) is 2.12. The third-order valence-corrected chi connectivity index (χ3v) is 2.22. The number of hydrogen-bond donors (Lipinski definition) is 0. The Balaban J connectivity index is 2.95. The molecular formula is C8H4BrFN2. The Hall–Kier alpha value is -1.03. The summed E-state index contributed by atoms with van der Waals surface area (Å²) in [6.07, 6.45) is 4.32. The maximum atomic E-state index is 13.1. The van der Waals surface area contributed by atoms with Crippen LogP contribution in [0.3, 0.4) is 0 Å². The van der Waals surface area contributed by atoms with Crippen molar-refractivity contribution in [3.8, 4) is 0 Å². The Kier molecular flexibility index (Phi) is 1.77. The van der Waals surface area contributed by atoms with Crippen LogP contribution in [0.1, 0.15) is 0 Å². The zero-order valence-electron chi connectivity index (χ0n) is 5.96. The van der Waals surface area contributed by atoms with E-state index in [0.717, 1.165) is 0 Å². The largest absolute Gasteiger partial charge is 0.264 e. The van der Waals surface area contributed by atoms with Crippen molar-refractivity contribution in [1.29, 1.82) is 0 Å². The number of pyridine rings is 2. The van der Waals surface area contributed by atoms with Crippen LogP contribution in [0, 0.1) is 5.82 Å². The molecule has 0 N–H and O–H groups in total. The monoisotopic (exact) mass is 226 g/mol. The van der Waals surface area contributed by atoms with Gasteiger partial charge in [0, 0.05) is 23.2 Å². The molecule has 12 heavy (non-hydrogen) atoms. The Morgan fingerprint density at radius 3 is 2.83 bits per heavy atom. The maximum absolute atomic E-state index is 13.1. The van der Waals surface area contributed by atoms with Crippen molar-refractivity contribution in [3.63, 3.8) is 0 Å². The molecule has 2 rings (SSSR count). The highest BCUT2D eigenvalue weighted by molar-refractivity contribution is 9.10. The lowest BCUT2D eigenvalue weighted by Crippen LogP contribution is -1.85. The van der Waals surface area contributed by atoms with Crippen molar-refractivity contribution in [2.24, 2.45) is 0 Å². The molecule has 0 saturated heterocycles. The summed E-state index contributed by atoms with van der Waals surface area (Å²) in [6, 6.07) is 1.62. The van der Waals surface area contributed by atoms with E-state index in [2.05, 4.69) is 25.9 Å². The van der Waals surface area contributed by atoms with Crippen LogP contribution in [0.15, 0.2) is 29.3 Å². The van der Waals surface area contributed by atoms with Crippen LogP contribution >= 0.6 is 15.9 Å². The second kappa shape index (κ2) is 2.79. The smallest absolute Gasteiger partial charge is 0.149 e. The Labute approximate surface area is 76.6 Å². The van der Waals surface area contributed by atoms with Gasteiger partial charge in [-0.15, -0.1) is 0 Å². The summed E-state index contributed by atoms with van der Waals surface area (Å²) in [5, 5.41) is 1.23. The second-order valence-corrected chi connectivity index (χ2v) is 3.07. The van der Waals surface area contributed by atoms with Crippen molar-refractivity contribution < 1.29 is 4.39 Å². The highest BCUT2D eigenvalue weighted by Crippen LogP contribution is 2.22. The van der Waals surface area contributed by atoms with Crippen LogP contribution in [0.25, 0.3) is 10.8 Å². The van der Waals surface area contributed by atoms with Gasteiger partial charge in [-0.3, -0.25) is 4.98 Å². The van der Waals surface area contributed by atoms with Crippen molar-refractivity contribution in [2.45, 2.75) is 0 Å². The normalized spacial score (nSPS) is 10.5. The topological polar surface area (TPSA) is 25.8 Å². The van der Waals surface area contributed by atoms with Crippen molar-refractivity contribution in [1.82, 2.24) is 9.97 Å². The number of nitrogens with zero attached hydrogens (tertiary/aromatic N) is 2. The van der Waals surface area contributed by atoms with E-state index >= 15 is 0 Å². The predicted octanol–water partition coefficient (Wildman–Crippen LogP) is 2.53. The van der Waals surface area contributed by atoms with E-state index in [-0.39, 0.29) is 5.82 Å². The molecule has 60 valence electrons. The molecule has 0 saturated carbocycles. The highest BCUT2D eigenvalue weighted by Gasteiger charge is 2.03. The van der Waals surface area contributed by atoms with Gasteiger partial charge in [0.15, 0.2) is 0 Å². The van der Waals surface area contributed by atoms with E-state index < -0.39 is 0 Å². The molecule has 2 aromatic rings. The van der Waals surface area contributed by atoms with Gasteiger partial charge in [-0.05, 0) is 22.0 Å². The first-order valence-corrected chi connectivity index (χ1v) is 4.12. The molecule has 0 fully saturated rings. The molecule has 0 bridgehead atoms. The number of aromatic nitrogens is 2. The van der Waals surface area contributed by atoms with E-state index in [0.29, 0.717) is 15.4 Å². The number of rotatable bonds is 0. The van der Waals surface area contributed by atoms with Gasteiger partial charge in [0.2, 0.25) is 0 Å². The minimum atomic E-state index is -0.324. The fourth-order valence-corrected chi connectivity index (χ4v) is 1.44. The summed E-state index contributed by atoms with van der Waals surface area (Å²) in [4.78, 5) is 7.69. The second-order valence-electron chi connectivity index (χ2n) is 2.32. The van der Waals surface area contributed by atoms with Crippen molar-refractivity contribution >= 4 is 26.7 Å². The zero-order valence-corrected chi connectivity index (χ0v) is 7.55. The lowest BCUT2D eigenvalue weighted by molar-refractivity contribution is 0.633. The Morgan fingerprint density at radius 2 is 2.08 bits per heavy atom. The number of hydrogen-bond acceptors (Lipinski definition) is 2. The molecule has 0 aromatic carbocycles. The maximum Gasteiger partial charge on any atom is 0.149 e. The molecule has 0 atom stereocenters. The molecule has 0 aliphatic rings. The quantitative estimate of drug-likeness (QED) is 0.646. The van der Waals surface area contributed by atoms with Crippen molar-refractivity contribution in [3.05, 3.63) is 35.1 Å². The van der Waals surface area contributed by atoms with Gasteiger partial charge >= 0.3 is 0 Å². The van der Waals surface area contributed by atoms with Gasteiger partial charge < -0.3 is 0 Å². The number of halogens is 2. The molecule has 0 amide bonds.